The van der Waals surface area contributed by atoms with Crippen molar-refractivity contribution in [2.45, 2.75) is 38.8 Å². The summed E-state index contributed by atoms with van der Waals surface area (Å²) in [6, 6.07) is 0.329. The number of carbonyl (C=O) groups is 1. The molecule has 1 aliphatic rings. The van der Waals surface area contributed by atoms with Crippen LogP contribution in [0.5, 0.6) is 0 Å². The van der Waals surface area contributed by atoms with Crippen LogP contribution in [0.25, 0.3) is 0 Å². The first kappa shape index (κ1) is 12.3. The summed E-state index contributed by atoms with van der Waals surface area (Å²) < 4.78 is 5.32. The van der Waals surface area contributed by atoms with E-state index >= 15 is 0 Å². The van der Waals surface area contributed by atoms with E-state index in [0.29, 0.717) is 6.04 Å². The number of likely N-dealkylation sites (N-methyl/N-ethyl adjacent to an activating group) is 1. The van der Waals surface area contributed by atoms with Gasteiger partial charge >= 0.3 is 6.09 Å². The van der Waals surface area contributed by atoms with Crippen LogP contribution in [-0.2, 0) is 4.74 Å². The molecule has 0 unspecified atom stereocenters. The van der Waals surface area contributed by atoms with Gasteiger partial charge in [-0.15, -0.1) is 0 Å². The van der Waals surface area contributed by atoms with E-state index in [-0.39, 0.29) is 6.09 Å². The first-order chi connectivity index (χ1) is 6.79. The van der Waals surface area contributed by atoms with E-state index in [4.69, 9.17) is 4.74 Å². The maximum atomic E-state index is 11.7. The normalized spacial score (nSPS) is 21.5. The Morgan fingerprint density at radius 3 is 2.40 bits per heavy atom. The molecule has 4 heteroatoms. The Bertz CT molecular complexity index is 233. The number of hydrogen-bond donors (Lipinski definition) is 0. The summed E-state index contributed by atoms with van der Waals surface area (Å²) in [4.78, 5) is 15.6. The molecule has 0 bridgehead atoms. The molecule has 0 spiro atoms. The van der Waals surface area contributed by atoms with Crippen LogP contribution in [0, 0.1) is 0 Å². The third-order valence-electron chi connectivity index (χ3n) is 2.35. The summed E-state index contributed by atoms with van der Waals surface area (Å²) in [6.45, 7) is 7.43. The molecule has 0 saturated carbocycles. The van der Waals surface area contributed by atoms with Gasteiger partial charge in [-0.3, -0.25) is 0 Å². The predicted octanol–water partition coefficient (Wildman–Crippen LogP) is 1.56. The lowest BCUT2D eigenvalue weighted by Crippen LogP contribution is -2.56. The van der Waals surface area contributed by atoms with Crippen LogP contribution >= 0.6 is 0 Å². The summed E-state index contributed by atoms with van der Waals surface area (Å²) in [5.41, 5.74) is -0.394. The molecule has 0 aromatic carbocycles. The average Bonchev–Trinajstić information content (AvgIpc) is 1.93. The lowest BCUT2D eigenvalue weighted by molar-refractivity contribution is -0.00930. The molecule has 1 atom stereocenters. The number of hydrogen-bond acceptors (Lipinski definition) is 3. The van der Waals surface area contributed by atoms with Gasteiger partial charge in [0.15, 0.2) is 0 Å². The zero-order chi connectivity index (χ0) is 11.6. The molecule has 15 heavy (non-hydrogen) atoms. The minimum atomic E-state index is -0.394. The first-order valence-corrected chi connectivity index (χ1v) is 5.44. The van der Waals surface area contributed by atoms with Crippen molar-refractivity contribution in [3.05, 3.63) is 0 Å². The largest absolute Gasteiger partial charge is 0.444 e. The molecule has 1 heterocycles. The SMILES string of the molecule is CN(C)C[C@H]1CCN1C(=O)OC(C)(C)C. The van der Waals surface area contributed by atoms with E-state index in [1.165, 1.54) is 0 Å². The van der Waals surface area contributed by atoms with E-state index < -0.39 is 5.60 Å². The highest BCUT2D eigenvalue weighted by Crippen LogP contribution is 2.21. The Labute approximate surface area is 92.2 Å². The minimum Gasteiger partial charge on any atom is -0.444 e. The van der Waals surface area contributed by atoms with Gasteiger partial charge in [0.1, 0.15) is 5.60 Å². The van der Waals surface area contributed by atoms with E-state index in [1.54, 1.807) is 0 Å². The number of ether oxygens (including phenoxy) is 1. The molecule has 1 amide bonds. The Hall–Kier alpha value is -0.770. The summed E-state index contributed by atoms with van der Waals surface area (Å²) in [6.07, 6.45) is 0.901. The van der Waals surface area contributed by atoms with Crippen LogP contribution in [-0.4, -0.2) is 54.7 Å². The molecule has 1 fully saturated rings. The third kappa shape index (κ3) is 3.70. The zero-order valence-corrected chi connectivity index (χ0v) is 10.4. The number of likely N-dealkylation sites (tertiary alicyclic amines) is 1. The van der Waals surface area contributed by atoms with Gasteiger partial charge < -0.3 is 14.5 Å². The fourth-order valence-corrected chi connectivity index (χ4v) is 1.61. The van der Waals surface area contributed by atoms with Crippen molar-refractivity contribution >= 4 is 6.09 Å². The van der Waals surface area contributed by atoms with Crippen LogP contribution in [0.3, 0.4) is 0 Å². The number of carbonyl (C=O) groups excluding carboxylic acids is 1. The van der Waals surface area contributed by atoms with Crippen molar-refractivity contribution in [3.63, 3.8) is 0 Å². The van der Waals surface area contributed by atoms with Gasteiger partial charge in [-0.25, -0.2) is 4.79 Å². The summed E-state index contributed by atoms with van der Waals surface area (Å²) >= 11 is 0. The Balaban J connectivity index is 2.41. The zero-order valence-electron chi connectivity index (χ0n) is 10.4. The van der Waals surface area contributed by atoms with Gasteiger partial charge in [0, 0.05) is 19.1 Å². The molecule has 1 aliphatic heterocycles. The van der Waals surface area contributed by atoms with Crippen molar-refractivity contribution in [2.75, 3.05) is 27.2 Å². The molecule has 0 aromatic heterocycles. The number of nitrogens with zero attached hydrogens (tertiary/aromatic N) is 2. The van der Waals surface area contributed by atoms with Gasteiger partial charge in [0.05, 0.1) is 0 Å². The van der Waals surface area contributed by atoms with E-state index in [0.717, 1.165) is 19.5 Å². The van der Waals surface area contributed by atoms with Crippen LogP contribution in [0.4, 0.5) is 4.79 Å². The highest BCUT2D eigenvalue weighted by atomic mass is 16.6. The fourth-order valence-electron chi connectivity index (χ4n) is 1.61. The van der Waals surface area contributed by atoms with E-state index in [1.807, 2.05) is 39.8 Å². The predicted molar refractivity (Wildman–Crippen MR) is 59.9 cm³/mol. The Morgan fingerprint density at radius 2 is 2.07 bits per heavy atom. The van der Waals surface area contributed by atoms with Crippen LogP contribution in [0.15, 0.2) is 0 Å². The molecular weight excluding hydrogens is 192 g/mol. The standard InChI is InChI=1S/C11H22N2O2/c1-11(2,3)15-10(14)13-7-6-9(13)8-12(4)5/h9H,6-8H2,1-5H3/t9-/m1/s1. The van der Waals surface area contributed by atoms with E-state index in [9.17, 15) is 4.79 Å². The minimum absolute atomic E-state index is 0.180. The molecule has 1 rings (SSSR count). The molecule has 0 N–H and O–H groups in total. The smallest absolute Gasteiger partial charge is 0.410 e. The Morgan fingerprint density at radius 1 is 1.47 bits per heavy atom. The number of amides is 1. The second-order valence-electron chi connectivity index (χ2n) is 5.38. The highest BCUT2D eigenvalue weighted by molar-refractivity contribution is 5.69. The van der Waals surface area contributed by atoms with Gasteiger partial charge in [0.25, 0.3) is 0 Å². The van der Waals surface area contributed by atoms with Gasteiger partial charge in [0.2, 0.25) is 0 Å². The second-order valence-corrected chi connectivity index (χ2v) is 5.38. The first-order valence-electron chi connectivity index (χ1n) is 5.44. The molecule has 0 aromatic rings. The summed E-state index contributed by atoms with van der Waals surface area (Å²) in [5.74, 6) is 0. The monoisotopic (exact) mass is 214 g/mol. The lowest BCUT2D eigenvalue weighted by Gasteiger charge is -2.42. The molecule has 88 valence electrons. The van der Waals surface area contributed by atoms with Gasteiger partial charge in [-0.1, -0.05) is 0 Å². The molecule has 0 radical (unpaired) electrons. The molecule has 0 aliphatic carbocycles. The van der Waals surface area contributed by atoms with Crippen molar-refractivity contribution in [1.82, 2.24) is 9.80 Å². The lowest BCUT2D eigenvalue weighted by atomic mass is 10.0. The van der Waals surface area contributed by atoms with Crippen molar-refractivity contribution in [1.29, 1.82) is 0 Å². The van der Waals surface area contributed by atoms with Crippen LogP contribution in [0.1, 0.15) is 27.2 Å². The highest BCUT2D eigenvalue weighted by Gasteiger charge is 2.35. The fraction of sp³-hybridized carbons (Fsp3) is 0.909. The van der Waals surface area contributed by atoms with Gasteiger partial charge in [-0.2, -0.15) is 0 Å². The van der Waals surface area contributed by atoms with Crippen LogP contribution in [0.2, 0.25) is 0 Å². The quantitative estimate of drug-likeness (QED) is 0.699. The molecule has 4 nitrogen and oxygen atoms in total. The maximum Gasteiger partial charge on any atom is 0.410 e. The van der Waals surface area contributed by atoms with Crippen molar-refractivity contribution < 1.29 is 9.53 Å². The number of rotatable bonds is 2. The third-order valence-corrected chi connectivity index (χ3v) is 2.35. The van der Waals surface area contributed by atoms with Gasteiger partial charge in [-0.05, 0) is 41.3 Å². The molecule has 1 saturated heterocycles. The Kier molecular flexibility index (Phi) is 3.60. The molecular formula is C11H22N2O2. The van der Waals surface area contributed by atoms with Crippen LogP contribution < -0.4 is 0 Å². The van der Waals surface area contributed by atoms with Crippen molar-refractivity contribution in [3.8, 4) is 0 Å². The van der Waals surface area contributed by atoms with Crippen molar-refractivity contribution in [2.24, 2.45) is 0 Å². The summed E-state index contributed by atoms with van der Waals surface area (Å²) in [7, 11) is 4.04. The van der Waals surface area contributed by atoms with E-state index in [2.05, 4.69) is 4.90 Å². The topological polar surface area (TPSA) is 32.8 Å². The second kappa shape index (κ2) is 4.39. The average molecular weight is 214 g/mol. The summed E-state index contributed by atoms with van der Waals surface area (Å²) in [5, 5.41) is 0. The maximum absolute atomic E-state index is 11.7.